The Morgan fingerprint density at radius 2 is 1.89 bits per heavy atom. The summed E-state index contributed by atoms with van der Waals surface area (Å²) in [6, 6.07) is 1.71. The second kappa shape index (κ2) is 6.85. The minimum atomic E-state index is -2.61. The van der Waals surface area contributed by atoms with Crippen LogP contribution in [0.25, 0.3) is 11.1 Å². The molecule has 0 saturated heterocycles. The van der Waals surface area contributed by atoms with E-state index in [0.29, 0.717) is 11.3 Å². The Labute approximate surface area is 198 Å². The number of benzene rings is 1. The highest BCUT2D eigenvalue weighted by Gasteiger charge is 2.62. The third-order valence-corrected chi connectivity index (χ3v) is 7.78. The third-order valence-electron chi connectivity index (χ3n) is 7.78. The molecule has 1 aromatic heterocycles. The number of aromatic amines is 1. The van der Waals surface area contributed by atoms with Crippen molar-refractivity contribution >= 4 is 34.3 Å². The molecule has 0 bridgehead atoms. The molecule has 6 N–H and O–H groups in total. The molecule has 35 heavy (non-hydrogen) atoms. The Balaban J connectivity index is 1.85. The molecule has 1 aromatic carbocycles. The average Bonchev–Trinajstić information content (AvgIpc) is 3.13. The third kappa shape index (κ3) is 2.69. The standard InChI is InChI=1S/C24H25N3O8/c1-23(2)9-5-8-6-12(28)14(21(25)32)20(31)24(8,34)19(30)13(9)17(29)15-16(23)11(27(3)4)7-10-18(15)35-22(33)26-10/h7-9,28,30,34H,5-6H2,1-4H3,(H2,25,32)(H,26,33)/t8-,9-,24-/m0/s1. The predicted molar refractivity (Wildman–Crippen MR) is 123 cm³/mol. The number of aliphatic hydroxyl groups excluding tert-OH is 2. The van der Waals surface area contributed by atoms with Crippen LogP contribution in [0.2, 0.25) is 0 Å². The normalized spacial score (nSPS) is 27.6. The van der Waals surface area contributed by atoms with Crippen LogP contribution in [0.4, 0.5) is 5.69 Å². The maximum atomic E-state index is 14.0. The van der Waals surface area contributed by atoms with Gasteiger partial charge in [-0.3, -0.25) is 19.4 Å². The number of hydrogen-bond acceptors (Lipinski definition) is 9. The van der Waals surface area contributed by atoms with Crippen molar-refractivity contribution < 1.29 is 34.1 Å². The molecule has 2 aromatic rings. The molecule has 3 aliphatic rings. The molecule has 5 rings (SSSR count). The number of rotatable bonds is 2. The van der Waals surface area contributed by atoms with Crippen LogP contribution in [0.3, 0.4) is 0 Å². The van der Waals surface area contributed by atoms with Crippen LogP contribution < -0.4 is 16.4 Å². The number of H-pyrrole nitrogens is 1. The summed E-state index contributed by atoms with van der Waals surface area (Å²) in [7, 11) is 3.58. The van der Waals surface area contributed by atoms with Gasteiger partial charge in [0.25, 0.3) is 5.91 Å². The molecule has 184 valence electrons. The molecule has 1 heterocycles. The molecule has 3 aliphatic carbocycles. The zero-order valence-electron chi connectivity index (χ0n) is 19.6. The molecule has 11 nitrogen and oxygen atoms in total. The van der Waals surface area contributed by atoms with Gasteiger partial charge >= 0.3 is 5.76 Å². The van der Waals surface area contributed by atoms with Crippen molar-refractivity contribution in [1.29, 1.82) is 0 Å². The van der Waals surface area contributed by atoms with E-state index in [1.807, 2.05) is 13.8 Å². The fourth-order valence-corrected chi connectivity index (χ4v) is 6.10. The van der Waals surface area contributed by atoms with Crippen molar-refractivity contribution in [1.82, 2.24) is 4.98 Å². The number of carbonyl (C=O) groups is 3. The van der Waals surface area contributed by atoms with Gasteiger partial charge in [0.05, 0.1) is 11.1 Å². The fraction of sp³-hybridized carbons (Fsp3) is 0.417. The van der Waals surface area contributed by atoms with Gasteiger partial charge < -0.3 is 30.4 Å². The number of nitrogens with one attached hydrogen (secondary N) is 1. The van der Waals surface area contributed by atoms with Crippen molar-refractivity contribution in [3.8, 4) is 0 Å². The second-order valence-corrected chi connectivity index (χ2v) is 10.2. The lowest BCUT2D eigenvalue weighted by Gasteiger charge is -2.51. The number of aromatic nitrogens is 1. The molecule has 0 unspecified atom stereocenters. The van der Waals surface area contributed by atoms with Gasteiger partial charge in [0.2, 0.25) is 5.78 Å². The number of hydrogen-bond donors (Lipinski definition) is 5. The highest BCUT2D eigenvalue weighted by Crippen LogP contribution is 2.58. The van der Waals surface area contributed by atoms with Crippen LogP contribution in [0.5, 0.6) is 0 Å². The van der Waals surface area contributed by atoms with Crippen molar-refractivity contribution in [3.05, 3.63) is 50.4 Å². The number of amides is 1. The SMILES string of the molecule is CN(C)c1cc2[nH]c(=O)oc2c2c1C(C)(C)[C@H]1C[C@H]3CC(O)=C(C(N)=O)C(=O)[C@@]3(O)C(O)=C1C2=O. The molecule has 0 saturated carbocycles. The van der Waals surface area contributed by atoms with E-state index in [0.717, 1.165) is 0 Å². The van der Waals surface area contributed by atoms with Crippen molar-refractivity contribution in [2.45, 2.75) is 37.7 Å². The maximum absolute atomic E-state index is 14.0. The van der Waals surface area contributed by atoms with Crippen LogP contribution in [0.1, 0.15) is 42.6 Å². The smallest absolute Gasteiger partial charge is 0.417 e. The molecule has 3 atom stereocenters. The molecule has 0 spiro atoms. The first-order chi connectivity index (χ1) is 16.2. The van der Waals surface area contributed by atoms with Gasteiger partial charge in [-0.15, -0.1) is 0 Å². The summed E-state index contributed by atoms with van der Waals surface area (Å²) >= 11 is 0. The van der Waals surface area contributed by atoms with Crippen molar-refractivity contribution in [2.75, 3.05) is 19.0 Å². The number of allylic oxidation sites excluding steroid dienone is 2. The van der Waals surface area contributed by atoms with Gasteiger partial charge in [0.1, 0.15) is 17.1 Å². The molecule has 1 amide bonds. The lowest BCUT2D eigenvalue weighted by atomic mass is 9.53. The number of ketones is 2. The molecular formula is C24H25N3O8. The van der Waals surface area contributed by atoms with Gasteiger partial charge in [0, 0.05) is 43.6 Å². The number of aliphatic hydroxyl groups is 3. The van der Waals surface area contributed by atoms with Gasteiger partial charge in [0.15, 0.2) is 17.0 Å². The number of oxazole rings is 1. The van der Waals surface area contributed by atoms with E-state index in [1.54, 1.807) is 25.1 Å². The summed E-state index contributed by atoms with van der Waals surface area (Å²) in [6.07, 6.45) is -0.227. The van der Waals surface area contributed by atoms with E-state index in [4.69, 9.17) is 10.2 Å². The van der Waals surface area contributed by atoms with Crippen LogP contribution in [-0.4, -0.2) is 57.5 Å². The molecule has 0 fully saturated rings. The van der Waals surface area contributed by atoms with E-state index in [-0.39, 0.29) is 35.1 Å². The van der Waals surface area contributed by atoms with E-state index >= 15 is 0 Å². The van der Waals surface area contributed by atoms with E-state index < -0.39 is 63.2 Å². The topological polar surface area (TPSA) is 187 Å². The minimum Gasteiger partial charge on any atom is -0.511 e. The fourth-order valence-electron chi connectivity index (χ4n) is 6.10. The van der Waals surface area contributed by atoms with Crippen LogP contribution in [0, 0.1) is 11.8 Å². The Morgan fingerprint density at radius 3 is 2.49 bits per heavy atom. The summed E-state index contributed by atoms with van der Waals surface area (Å²) < 4.78 is 5.31. The van der Waals surface area contributed by atoms with Gasteiger partial charge in [-0.25, -0.2) is 4.79 Å². The van der Waals surface area contributed by atoms with Gasteiger partial charge in [-0.2, -0.15) is 0 Å². The maximum Gasteiger partial charge on any atom is 0.417 e. The zero-order chi connectivity index (χ0) is 25.8. The van der Waals surface area contributed by atoms with Crippen LogP contribution in [-0.2, 0) is 15.0 Å². The number of anilines is 1. The summed E-state index contributed by atoms with van der Waals surface area (Å²) in [5.74, 6) is -7.05. The lowest BCUT2D eigenvalue weighted by Crippen LogP contribution is -2.59. The van der Waals surface area contributed by atoms with Crippen LogP contribution in [0.15, 0.2) is 37.9 Å². The molecule has 0 aliphatic heterocycles. The Bertz CT molecular complexity index is 1490. The number of Topliss-reactive ketones (excluding diaryl/α,β-unsaturated/α-hetero) is 2. The number of fused-ring (bicyclic) bond motifs is 5. The first-order valence-corrected chi connectivity index (χ1v) is 11.1. The highest BCUT2D eigenvalue weighted by molar-refractivity contribution is 6.25. The second-order valence-electron chi connectivity index (χ2n) is 10.2. The number of primary amides is 1. The quantitative estimate of drug-likeness (QED) is 0.390. The van der Waals surface area contributed by atoms with E-state index in [2.05, 4.69) is 4.98 Å². The first kappa shape index (κ1) is 22.9. The monoisotopic (exact) mass is 483 g/mol. The molecule has 11 heteroatoms. The summed E-state index contributed by atoms with van der Waals surface area (Å²) in [5, 5.41) is 33.1. The Hall–Kier alpha value is -3.86. The van der Waals surface area contributed by atoms with Crippen molar-refractivity contribution in [2.24, 2.45) is 17.6 Å². The summed E-state index contributed by atoms with van der Waals surface area (Å²) in [5.41, 5.74) is 2.38. The molecular weight excluding hydrogens is 458 g/mol. The molecule has 0 radical (unpaired) electrons. The summed E-state index contributed by atoms with van der Waals surface area (Å²) in [6.45, 7) is 3.72. The largest absolute Gasteiger partial charge is 0.511 e. The predicted octanol–water partition coefficient (Wildman–Crippen LogP) is 1.11. The zero-order valence-corrected chi connectivity index (χ0v) is 19.6. The summed E-state index contributed by atoms with van der Waals surface area (Å²) in [4.78, 5) is 55.3. The Kier molecular flexibility index (Phi) is 4.48. The number of nitrogens with two attached hydrogens (primary N) is 1. The van der Waals surface area contributed by atoms with E-state index in [1.165, 1.54) is 0 Å². The van der Waals surface area contributed by atoms with Gasteiger partial charge in [-0.1, -0.05) is 13.8 Å². The highest BCUT2D eigenvalue weighted by atomic mass is 16.4. The van der Waals surface area contributed by atoms with Crippen molar-refractivity contribution in [3.63, 3.8) is 0 Å². The Morgan fingerprint density at radius 1 is 1.23 bits per heavy atom. The van der Waals surface area contributed by atoms with E-state index in [9.17, 15) is 34.5 Å². The minimum absolute atomic E-state index is 0.00637. The van der Waals surface area contributed by atoms with Crippen LogP contribution >= 0.6 is 0 Å². The number of carbonyl (C=O) groups excluding carboxylic acids is 3. The average molecular weight is 483 g/mol. The van der Waals surface area contributed by atoms with Gasteiger partial charge in [-0.05, 0) is 23.5 Å². The lowest BCUT2D eigenvalue weighted by molar-refractivity contribution is -0.144. The first-order valence-electron chi connectivity index (χ1n) is 11.1. The number of nitrogens with zero attached hydrogens (tertiary/aromatic N) is 1.